The largest absolute Gasteiger partial charge is 0.336 e. The monoisotopic (exact) mass is 443 g/mol. The number of piperazine rings is 1. The number of benzene rings is 2. The molecule has 0 aromatic heterocycles. The summed E-state index contributed by atoms with van der Waals surface area (Å²) < 4.78 is 27.7. The molecule has 1 saturated heterocycles. The third kappa shape index (κ3) is 4.07. The van der Waals surface area contributed by atoms with Gasteiger partial charge in [0.25, 0.3) is 11.6 Å². The van der Waals surface area contributed by atoms with Crippen LogP contribution < -0.4 is 0 Å². The lowest BCUT2D eigenvalue weighted by molar-refractivity contribution is -0.385. The molecule has 1 aliphatic carbocycles. The molecular formula is C22H25N3O5S. The van der Waals surface area contributed by atoms with E-state index in [0.29, 0.717) is 10.5 Å². The number of rotatable bonds is 4. The highest BCUT2D eigenvalue weighted by atomic mass is 32.2. The van der Waals surface area contributed by atoms with Crippen molar-refractivity contribution in [1.82, 2.24) is 9.21 Å². The summed E-state index contributed by atoms with van der Waals surface area (Å²) in [5.41, 5.74) is 2.84. The summed E-state index contributed by atoms with van der Waals surface area (Å²) >= 11 is 0. The van der Waals surface area contributed by atoms with Gasteiger partial charge in [-0.15, -0.1) is 0 Å². The van der Waals surface area contributed by atoms with Gasteiger partial charge in [-0.3, -0.25) is 14.9 Å². The first-order valence-corrected chi connectivity index (χ1v) is 11.9. The van der Waals surface area contributed by atoms with E-state index in [4.69, 9.17) is 0 Å². The molecular weight excluding hydrogens is 418 g/mol. The summed E-state index contributed by atoms with van der Waals surface area (Å²) in [5.74, 6) is -0.313. The fraction of sp³-hybridized carbons (Fsp3) is 0.409. The number of nitrogens with zero attached hydrogens (tertiary/aromatic N) is 3. The first-order valence-electron chi connectivity index (χ1n) is 10.4. The molecule has 0 bridgehead atoms. The predicted molar refractivity (Wildman–Crippen MR) is 116 cm³/mol. The molecule has 0 N–H and O–H groups in total. The van der Waals surface area contributed by atoms with Crippen molar-refractivity contribution >= 4 is 21.6 Å². The van der Waals surface area contributed by atoms with Crippen LogP contribution in [0.5, 0.6) is 0 Å². The maximum absolute atomic E-state index is 13.1. The van der Waals surface area contributed by atoms with Gasteiger partial charge in [-0.2, -0.15) is 4.31 Å². The summed E-state index contributed by atoms with van der Waals surface area (Å²) in [5, 5.41) is 11.2. The Morgan fingerprint density at radius 2 is 1.68 bits per heavy atom. The van der Waals surface area contributed by atoms with E-state index in [0.717, 1.165) is 31.2 Å². The van der Waals surface area contributed by atoms with Crippen molar-refractivity contribution in [3.05, 3.63) is 68.8 Å². The van der Waals surface area contributed by atoms with Gasteiger partial charge >= 0.3 is 0 Å². The molecule has 1 aliphatic heterocycles. The van der Waals surface area contributed by atoms with Gasteiger partial charge in [0.15, 0.2) is 0 Å². The van der Waals surface area contributed by atoms with Gasteiger partial charge < -0.3 is 4.90 Å². The molecule has 0 unspecified atom stereocenters. The van der Waals surface area contributed by atoms with E-state index in [9.17, 15) is 23.3 Å². The van der Waals surface area contributed by atoms with Crippen LogP contribution in [0.2, 0.25) is 0 Å². The number of hydrogen-bond donors (Lipinski definition) is 0. The maximum Gasteiger partial charge on any atom is 0.273 e. The average molecular weight is 444 g/mol. The first kappa shape index (κ1) is 21.5. The molecule has 31 heavy (non-hydrogen) atoms. The second-order valence-electron chi connectivity index (χ2n) is 8.04. The van der Waals surface area contributed by atoms with Crippen molar-refractivity contribution in [2.75, 3.05) is 26.2 Å². The van der Waals surface area contributed by atoms with Crippen molar-refractivity contribution in [1.29, 1.82) is 0 Å². The second kappa shape index (κ2) is 8.39. The molecule has 0 atom stereocenters. The van der Waals surface area contributed by atoms with E-state index in [1.807, 2.05) is 6.07 Å². The zero-order chi connectivity index (χ0) is 22.2. The van der Waals surface area contributed by atoms with Crippen molar-refractivity contribution in [3.63, 3.8) is 0 Å². The summed E-state index contributed by atoms with van der Waals surface area (Å²) in [6, 6.07) is 9.84. The molecule has 9 heteroatoms. The van der Waals surface area contributed by atoms with Crippen LogP contribution in [-0.2, 0) is 22.9 Å². The lowest BCUT2D eigenvalue weighted by Crippen LogP contribution is -2.50. The van der Waals surface area contributed by atoms with Crippen LogP contribution >= 0.6 is 0 Å². The standard InChI is InChI=1S/C22H25N3O5S/c1-16-20(7-4-8-21(16)25(27)28)22(26)23-11-13-24(14-12-23)31(29,30)19-10-9-17-5-2-3-6-18(17)15-19/h4,7-10,15H,2-3,5-6,11-14H2,1H3. The molecule has 1 amide bonds. The van der Waals surface area contributed by atoms with Gasteiger partial charge in [0, 0.05) is 43.4 Å². The lowest BCUT2D eigenvalue weighted by Gasteiger charge is -2.34. The van der Waals surface area contributed by atoms with Crippen LogP contribution in [0.25, 0.3) is 0 Å². The minimum atomic E-state index is -3.63. The fourth-order valence-electron chi connectivity index (χ4n) is 4.37. The Kier molecular flexibility index (Phi) is 5.81. The van der Waals surface area contributed by atoms with Crippen LogP contribution in [0.3, 0.4) is 0 Å². The normalized spacial score (nSPS) is 17.3. The number of aryl methyl sites for hydroxylation is 2. The van der Waals surface area contributed by atoms with Crippen LogP contribution in [0, 0.1) is 17.0 Å². The average Bonchev–Trinajstić information content (AvgIpc) is 2.78. The van der Waals surface area contributed by atoms with E-state index in [2.05, 4.69) is 0 Å². The molecule has 4 rings (SSSR count). The van der Waals surface area contributed by atoms with Crippen molar-refractivity contribution in [2.45, 2.75) is 37.5 Å². The Morgan fingerprint density at radius 1 is 1.00 bits per heavy atom. The zero-order valence-corrected chi connectivity index (χ0v) is 18.2. The molecule has 2 aliphatic rings. The molecule has 2 aromatic rings. The highest BCUT2D eigenvalue weighted by molar-refractivity contribution is 7.89. The number of nitro benzene ring substituents is 1. The van der Waals surface area contributed by atoms with E-state index >= 15 is 0 Å². The summed E-state index contributed by atoms with van der Waals surface area (Å²) in [7, 11) is -3.63. The van der Waals surface area contributed by atoms with E-state index in [-0.39, 0.29) is 43.3 Å². The molecule has 8 nitrogen and oxygen atoms in total. The first-order chi connectivity index (χ1) is 14.8. The van der Waals surface area contributed by atoms with Gasteiger partial charge in [-0.05, 0) is 61.9 Å². The molecule has 2 aromatic carbocycles. The number of carbonyl (C=O) groups is 1. The Bertz CT molecular complexity index is 1140. The number of amides is 1. The molecule has 0 saturated carbocycles. The van der Waals surface area contributed by atoms with Gasteiger partial charge in [0.2, 0.25) is 10.0 Å². The smallest absolute Gasteiger partial charge is 0.273 e. The number of fused-ring (bicyclic) bond motifs is 1. The van der Waals surface area contributed by atoms with Crippen LogP contribution in [-0.4, -0.2) is 54.6 Å². The molecule has 0 radical (unpaired) electrons. The fourth-order valence-corrected chi connectivity index (χ4v) is 5.85. The third-order valence-electron chi connectivity index (χ3n) is 6.22. The van der Waals surface area contributed by atoms with E-state index < -0.39 is 14.9 Å². The summed E-state index contributed by atoms with van der Waals surface area (Å²) in [4.78, 5) is 25.4. The highest BCUT2D eigenvalue weighted by Gasteiger charge is 2.32. The number of carbonyl (C=O) groups excluding carboxylic acids is 1. The summed E-state index contributed by atoms with van der Waals surface area (Å²) in [6.45, 7) is 2.43. The SMILES string of the molecule is Cc1c(C(=O)N2CCN(S(=O)(=O)c3ccc4c(c3)CCCC4)CC2)cccc1[N+](=O)[O-]. The maximum atomic E-state index is 13.1. The van der Waals surface area contributed by atoms with Crippen molar-refractivity contribution < 1.29 is 18.1 Å². The number of sulfonamides is 1. The van der Waals surface area contributed by atoms with Crippen LogP contribution in [0.4, 0.5) is 5.69 Å². The molecule has 0 spiro atoms. The van der Waals surface area contributed by atoms with Gasteiger partial charge in [-0.1, -0.05) is 12.1 Å². The van der Waals surface area contributed by atoms with Crippen molar-refractivity contribution in [2.24, 2.45) is 0 Å². The highest BCUT2D eigenvalue weighted by Crippen LogP contribution is 2.27. The van der Waals surface area contributed by atoms with Crippen molar-refractivity contribution in [3.8, 4) is 0 Å². The third-order valence-corrected chi connectivity index (χ3v) is 8.11. The minimum Gasteiger partial charge on any atom is -0.336 e. The van der Waals surface area contributed by atoms with Crippen LogP contribution in [0.15, 0.2) is 41.3 Å². The predicted octanol–water partition coefficient (Wildman–Crippen LogP) is 2.93. The van der Waals surface area contributed by atoms with Gasteiger partial charge in [0.1, 0.15) is 0 Å². The Hall–Kier alpha value is -2.78. The quantitative estimate of drug-likeness (QED) is 0.534. The van der Waals surface area contributed by atoms with E-state index in [1.54, 1.807) is 30.0 Å². The number of hydrogen-bond acceptors (Lipinski definition) is 5. The molecule has 1 heterocycles. The number of nitro groups is 1. The Balaban J connectivity index is 1.48. The second-order valence-corrected chi connectivity index (χ2v) is 9.98. The van der Waals surface area contributed by atoms with Crippen LogP contribution in [0.1, 0.15) is 39.9 Å². The van der Waals surface area contributed by atoms with Gasteiger partial charge in [-0.25, -0.2) is 8.42 Å². The van der Waals surface area contributed by atoms with Gasteiger partial charge in [0.05, 0.1) is 9.82 Å². The Morgan fingerprint density at radius 3 is 2.35 bits per heavy atom. The minimum absolute atomic E-state index is 0.0977. The molecule has 164 valence electrons. The lowest BCUT2D eigenvalue weighted by atomic mass is 9.92. The van der Waals surface area contributed by atoms with E-state index in [1.165, 1.54) is 22.0 Å². The molecule has 1 fully saturated rings. The summed E-state index contributed by atoms with van der Waals surface area (Å²) in [6.07, 6.45) is 4.12. The zero-order valence-electron chi connectivity index (χ0n) is 17.4. The topological polar surface area (TPSA) is 101 Å². The Labute approximate surface area is 181 Å².